The number of aliphatic imine (C=N–C) groups is 1. The second-order valence-corrected chi connectivity index (χ2v) is 4.52. The van der Waals surface area contributed by atoms with Gasteiger partial charge in [-0.1, -0.05) is 31.2 Å². The summed E-state index contributed by atoms with van der Waals surface area (Å²) in [6, 6.07) is 5.12. The standard InChI is InChI=1S/C16H19ClN2O2/c1-4-7-13(18-6-3)11-21-15-9-8-12(10-14(15)17)19-16(20)5-2/h4,6-10H,1,5,11H2,2-3H3,(H,19,20)/b13-7-,18-6?. The van der Waals surface area contributed by atoms with Gasteiger partial charge in [-0.25, -0.2) is 0 Å². The molecule has 0 radical (unpaired) electrons. The van der Waals surface area contributed by atoms with Crippen molar-refractivity contribution < 1.29 is 9.53 Å². The second-order valence-electron chi connectivity index (χ2n) is 4.12. The van der Waals surface area contributed by atoms with Gasteiger partial charge in [0.05, 0.1) is 10.7 Å². The third kappa shape index (κ3) is 5.83. The third-order valence-corrected chi connectivity index (χ3v) is 2.81. The Labute approximate surface area is 130 Å². The van der Waals surface area contributed by atoms with E-state index >= 15 is 0 Å². The summed E-state index contributed by atoms with van der Waals surface area (Å²) in [5, 5.41) is 3.17. The number of benzene rings is 1. The van der Waals surface area contributed by atoms with Crippen LogP contribution in [-0.2, 0) is 4.79 Å². The number of halogens is 1. The van der Waals surface area contributed by atoms with Gasteiger partial charge < -0.3 is 10.1 Å². The van der Waals surface area contributed by atoms with E-state index in [0.29, 0.717) is 22.9 Å². The third-order valence-electron chi connectivity index (χ3n) is 2.52. The van der Waals surface area contributed by atoms with Crippen molar-refractivity contribution in [2.45, 2.75) is 20.3 Å². The minimum absolute atomic E-state index is 0.0618. The van der Waals surface area contributed by atoms with Gasteiger partial charge in [0.25, 0.3) is 0 Å². The van der Waals surface area contributed by atoms with Crippen LogP contribution in [0.15, 0.2) is 47.6 Å². The lowest BCUT2D eigenvalue weighted by atomic mass is 10.3. The SMILES string of the molecule is C=C/C=C(/COc1ccc(NC(=O)CC)cc1Cl)N=CC. The Morgan fingerprint density at radius 2 is 2.29 bits per heavy atom. The number of hydrogen-bond acceptors (Lipinski definition) is 3. The van der Waals surface area contributed by atoms with Gasteiger partial charge in [-0.15, -0.1) is 0 Å². The van der Waals surface area contributed by atoms with Gasteiger partial charge >= 0.3 is 0 Å². The summed E-state index contributed by atoms with van der Waals surface area (Å²) >= 11 is 6.14. The maximum Gasteiger partial charge on any atom is 0.224 e. The molecule has 0 spiro atoms. The van der Waals surface area contributed by atoms with Crippen LogP contribution in [0.1, 0.15) is 20.3 Å². The van der Waals surface area contributed by atoms with Gasteiger partial charge in [-0.3, -0.25) is 9.79 Å². The summed E-state index contributed by atoms with van der Waals surface area (Å²) in [5.74, 6) is 0.473. The highest BCUT2D eigenvalue weighted by Gasteiger charge is 2.06. The van der Waals surface area contributed by atoms with Gasteiger partial charge in [-0.05, 0) is 31.2 Å². The molecule has 0 heterocycles. The number of nitrogens with one attached hydrogen (secondary N) is 1. The van der Waals surface area contributed by atoms with E-state index < -0.39 is 0 Å². The fourth-order valence-corrected chi connectivity index (χ4v) is 1.76. The van der Waals surface area contributed by atoms with Crippen LogP contribution < -0.4 is 10.1 Å². The Kier molecular flexibility index (Phi) is 7.26. The molecule has 1 aromatic carbocycles. The van der Waals surface area contributed by atoms with Gasteiger partial charge in [0.1, 0.15) is 12.4 Å². The number of carbonyl (C=O) groups is 1. The molecule has 0 aromatic heterocycles. The number of amides is 1. The molecular formula is C16H19ClN2O2. The molecule has 1 N–H and O–H groups in total. The summed E-state index contributed by atoms with van der Waals surface area (Å²) in [6.45, 7) is 7.54. The zero-order valence-electron chi connectivity index (χ0n) is 12.2. The predicted octanol–water partition coefficient (Wildman–Crippen LogP) is 4.23. The van der Waals surface area contributed by atoms with E-state index in [2.05, 4.69) is 16.9 Å². The van der Waals surface area contributed by atoms with E-state index in [4.69, 9.17) is 16.3 Å². The Bertz CT molecular complexity index is 565. The van der Waals surface area contributed by atoms with Crippen molar-refractivity contribution in [3.05, 3.63) is 47.6 Å². The summed E-state index contributed by atoms with van der Waals surface area (Å²) in [6.07, 6.45) is 5.52. The van der Waals surface area contributed by atoms with Crippen molar-refractivity contribution in [2.75, 3.05) is 11.9 Å². The summed E-state index contributed by atoms with van der Waals surface area (Å²) in [4.78, 5) is 15.5. The molecule has 0 bridgehead atoms. The van der Waals surface area contributed by atoms with Crippen molar-refractivity contribution in [2.24, 2.45) is 4.99 Å². The smallest absolute Gasteiger partial charge is 0.224 e. The Hall–Kier alpha value is -2.07. The first-order valence-electron chi connectivity index (χ1n) is 6.63. The van der Waals surface area contributed by atoms with Crippen LogP contribution >= 0.6 is 11.6 Å². The zero-order valence-corrected chi connectivity index (χ0v) is 13.0. The maximum atomic E-state index is 11.3. The molecule has 21 heavy (non-hydrogen) atoms. The lowest BCUT2D eigenvalue weighted by Crippen LogP contribution is -2.09. The van der Waals surface area contributed by atoms with Crippen LogP contribution in [0.4, 0.5) is 5.69 Å². The van der Waals surface area contributed by atoms with Crippen molar-refractivity contribution in [3.63, 3.8) is 0 Å². The molecule has 1 amide bonds. The Morgan fingerprint density at radius 1 is 1.52 bits per heavy atom. The summed E-state index contributed by atoms with van der Waals surface area (Å²) < 4.78 is 5.62. The summed E-state index contributed by atoms with van der Waals surface area (Å²) in [7, 11) is 0. The molecule has 0 aliphatic carbocycles. The van der Waals surface area contributed by atoms with E-state index in [0.717, 1.165) is 5.70 Å². The number of rotatable bonds is 7. The average molecular weight is 307 g/mol. The molecule has 1 aromatic rings. The highest BCUT2D eigenvalue weighted by molar-refractivity contribution is 6.32. The molecule has 112 valence electrons. The number of carbonyl (C=O) groups excluding carboxylic acids is 1. The van der Waals surface area contributed by atoms with Gasteiger partial charge in [0.15, 0.2) is 0 Å². The Balaban J connectivity index is 2.74. The number of anilines is 1. The molecular weight excluding hydrogens is 288 g/mol. The average Bonchev–Trinajstić information content (AvgIpc) is 2.46. The van der Waals surface area contributed by atoms with Crippen LogP contribution in [0.2, 0.25) is 5.02 Å². The first-order valence-corrected chi connectivity index (χ1v) is 7.01. The van der Waals surface area contributed by atoms with Crippen molar-refractivity contribution >= 4 is 29.4 Å². The van der Waals surface area contributed by atoms with Gasteiger partial charge in [0.2, 0.25) is 5.91 Å². The van der Waals surface area contributed by atoms with Crippen molar-refractivity contribution in [3.8, 4) is 5.75 Å². The number of hydrogen-bond donors (Lipinski definition) is 1. The number of nitrogens with zero attached hydrogens (tertiary/aromatic N) is 1. The Morgan fingerprint density at radius 3 is 2.86 bits per heavy atom. The molecule has 1 rings (SSSR count). The molecule has 0 saturated heterocycles. The second kappa shape index (κ2) is 8.97. The zero-order chi connectivity index (χ0) is 15.7. The number of allylic oxidation sites excluding steroid dienone is 2. The predicted molar refractivity (Wildman–Crippen MR) is 88.3 cm³/mol. The molecule has 4 nitrogen and oxygen atoms in total. The van der Waals surface area contributed by atoms with Crippen molar-refractivity contribution in [1.82, 2.24) is 0 Å². The van der Waals surface area contributed by atoms with E-state index in [1.165, 1.54) is 0 Å². The first kappa shape index (κ1) is 17.0. The fraction of sp³-hybridized carbons (Fsp3) is 0.250. The van der Waals surface area contributed by atoms with E-state index in [-0.39, 0.29) is 12.5 Å². The molecule has 0 atom stereocenters. The highest BCUT2D eigenvalue weighted by atomic mass is 35.5. The lowest BCUT2D eigenvalue weighted by molar-refractivity contribution is -0.115. The maximum absolute atomic E-state index is 11.3. The molecule has 0 saturated carbocycles. The van der Waals surface area contributed by atoms with Crippen LogP contribution in [0.3, 0.4) is 0 Å². The van der Waals surface area contributed by atoms with Crippen LogP contribution in [0.5, 0.6) is 5.75 Å². The highest BCUT2D eigenvalue weighted by Crippen LogP contribution is 2.28. The quantitative estimate of drug-likeness (QED) is 0.605. The van der Waals surface area contributed by atoms with Crippen LogP contribution in [-0.4, -0.2) is 18.7 Å². The van der Waals surface area contributed by atoms with E-state index in [1.54, 1.807) is 43.5 Å². The van der Waals surface area contributed by atoms with Gasteiger partial charge in [0, 0.05) is 18.3 Å². The molecule has 0 aliphatic heterocycles. The van der Waals surface area contributed by atoms with Crippen LogP contribution in [0.25, 0.3) is 0 Å². The fourth-order valence-electron chi connectivity index (χ4n) is 1.53. The van der Waals surface area contributed by atoms with E-state index in [1.807, 2.05) is 6.92 Å². The lowest BCUT2D eigenvalue weighted by Gasteiger charge is -2.10. The topological polar surface area (TPSA) is 50.7 Å². The molecule has 0 unspecified atom stereocenters. The minimum atomic E-state index is -0.0618. The number of ether oxygens (including phenoxy) is 1. The monoisotopic (exact) mass is 306 g/mol. The largest absolute Gasteiger partial charge is 0.486 e. The molecule has 0 fully saturated rings. The first-order chi connectivity index (χ1) is 10.1. The molecule has 5 heteroatoms. The summed E-state index contributed by atoms with van der Waals surface area (Å²) in [5.41, 5.74) is 1.39. The molecule has 0 aliphatic rings. The minimum Gasteiger partial charge on any atom is -0.486 e. The van der Waals surface area contributed by atoms with Crippen LogP contribution in [0, 0.1) is 0 Å². The van der Waals surface area contributed by atoms with E-state index in [9.17, 15) is 4.79 Å². The van der Waals surface area contributed by atoms with Crippen molar-refractivity contribution in [1.29, 1.82) is 0 Å². The van der Waals surface area contributed by atoms with Gasteiger partial charge in [-0.2, -0.15) is 0 Å². The normalized spacial score (nSPS) is 11.5.